The third-order valence-corrected chi connectivity index (χ3v) is 6.59. The number of aliphatic hydroxyl groups is 1. The van der Waals surface area contributed by atoms with E-state index in [9.17, 15) is 14.7 Å². The van der Waals surface area contributed by atoms with Crippen molar-refractivity contribution in [3.63, 3.8) is 0 Å². The van der Waals surface area contributed by atoms with Crippen molar-refractivity contribution in [2.24, 2.45) is 5.92 Å². The molecular weight excluding hydrogens is 454 g/mol. The van der Waals surface area contributed by atoms with E-state index in [-0.39, 0.29) is 11.4 Å². The first-order valence-electron chi connectivity index (χ1n) is 11.2. The summed E-state index contributed by atoms with van der Waals surface area (Å²) < 4.78 is 11.4. The van der Waals surface area contributed by atoms with Crippen LogP contribution < -0.4 is 9.47 Å². The van der Waals surface area contributed by atoms with Gasteiger partial charge in [0.15, 0.2) is 17.3 Å². The van der Waals surface area contributed by atoms with Crippen LogP contribution >= 0.6 is 11.3 Å². The summed E-state index contributed by atoms with van der Waals surface area (Å²) in [7, 11) is 5.36. The van der Waals surface area contributed by atoms with Gasteiger partial charge in [0.1, 0.15) is 0 Å². The number of carbonyl (C=O) groups is 2. The summed E-state index contributed by atoms with van der Waals surface area (Å²) in [6.45, 7) is 9.14. The molecule has 1 aliphatic rings. The number of methoxy groups -OCH3 is 1. The molecule has 2 heterocycles. The molecule has 1 N–H and O–H groups in total. The molecule has 1 atom stereocenters. The maximum Gasteiger partial charge on any atom is 0.290 e. The number of thiazole rings is 1. The Hall–Kier alpha value is -2.91. The van der Waals surface area contributed by atoms with E-state index in [1.807, 2.05) is 32.0 Å². The van der Waals surface area contributed by atoms with Gasteiger partial charge >= 0.3 is 0 Å². The van der Waals surface area contributed by atoms with Crippen LogP contribution in [0.1, 0.15) is 45.8 Å². The largest absolute Gasteiger partial charge is 0.503 e. The van der Waals surface area contributed by atoms with Gasteiger partial charge < -0.3 is 24.4 Å². The molecule has 1 amide bonds. The number of hydrogen-bond donors (Lipinski definition) is 1. The first kappa shape index (κ1) is 25.7. The van der Waals surface area contributed by atoms with Crippen molar-refractivity contribution in [3.8, 4) is 11.5 Å². The minimum atomic E-state index is -0.755. The molecule has 1 aromatic heterocycles. The fraction of sp³-hybridized carbons (Fsp3) is 0.480. The summed E-state index contributed by atoms with van der Waals surface area (Å²) in [5, 5.41) is 11.6. The average molecular weight is 488 g/mol. The van der Waals surface area contributed by atoms with Crippen LogP contribution in [0.5, 0.6) is 11.5 Å². The fourth-order valence-corrected chi connectivity index (χ4v) is 4.74. The summed E-state index contributed by atoms with van der Waals surface area (Å²) in [5.74, 6) is -0.0363. The van der Waals surface area contributed by atoms with Crippen molar-refractivity contribution in [1.82, 2.24) is 14.8 Å². The van der Waals surface area contributed by atoms with Gasteiger partial charge in [-0.2, -0.15) is 0 Å². The number of ether oxygens (including phenoxy) is 2. The molecule has 0 bridgehead atoms. The number of benzene rings is 1. The lowest BCUT2D eigenvalue weighted by atomic mass is 9.94. The van der Waals surface area contributed by atoms with Crippen molar-refractivity contribution < 1.29 is 24.2 Å². The zero-order valence-corrected chi connectivity index (χ0v) is 21.7. The van der Waals surface area contributed by atoms with Gasteiger partial charge in [-0.15, -0.1) is 11.3 Å². The Balaban J connectivity index is 2.08. The first-order chi connectivity index (χ1) is 16.0. The Bertz CT molecular complexity index is 1110. The van der Waals surface area contributed by atoms with Crippen molar-refractivity contribution in [2.75, 3.05) is 40.9 Å². The zero-order chi connectivity index (χ0) is 25.2. The number of Topliss-reactive ketones (excluding diaryl/α,β-unsaturated/α-hetero) is 1. The van der Waals surface area contributed by atoms with Crippen LogP contribution in [0.2, 0.25) is 0 Å². The van der Waals surface area contributed by atoms with Crippen molar-refractivity contribution in [2.45, 2.75) is 33.7 Å². The molecule has 1 aliphatic heterocycles. The highest BCUT2D eigenvalue weighted by Gasteiger charge is 2.44. The molecule has 1 aromatic carbocycles. The topological polar surface area (TPSA) is 92.2 Å². The molecule has 184 valence electrons. The Kier molecular flexibility index (Phi) is 7.99. The number of nitrogens with zero attached hydrogens (tertiary/aromatic N) is 3. The Morgan fingerprint density at radius 2 is 1.97 bits per heavy atom. The fourth-order valence-electron chi connectivity index (χ4n) is 3.86. The minimum absolute atomic E-state index is 0.0633. The number of aliphatic hydroxyl groups excluding tert-OH is 1. The molecule has 0 aliphatic carbocycles. The highest BCUT2D eigenvalue weighted by atomic mass is 32.1. The second-order valence-electron chi connectivity index (χ2n) is 9.06. The van der Waals surface area contributed by atoms with E-state index >= 15 is 0 Å². The lowest BCUT2D eigenvalue weighted by molar-refractivity contribution is -0.129. The van der Waals surface area contributed by atoms with Crippen LogP contribution in [0.15, 0.2) is 29.5 Å². The zero-order valence-electron chi connectivity index (χ0n) is 20.8. The molecule has 0 fully saturated rings. The van der Waals surface area contributed by atoms with E-state index in [0.29, 0.717) is 53.2 Å². The van der Waals surface area contributed by atoms with E-state index in [1.165, 1.54) is 16.2 Å². The Morgan fingerprint density at radius 1 is 1.26 bits per heavy atom. The molecule has 1 unspecified atom stereocenters. The van der Waals surface area contributed by atoms with Gasteiger partial charge in [-0.1, -0.05) is 19.9 Å². The summed E-state index contributed by atoms with van der Waals surface area (Å²) >= 11 is 1.26. The van der Waals surface area contributed by atoms with E-state index in [4.69, 9.17) is 9.47 Å². The minimum Gasteiger partial charge on any atom is -0.503 e. The number of rotatable bonds is 10. The first-order valence-corrected chi connectivity index (χ1v) is 12.0. The standard InChI is InChI=1S/C25H33N3O5S/c1-14(2)13-33-18-9-8-17(12-19(18)32-7)21-20(22(29)24-15(3)26-16(4)34-24)23(30)25(31)28(21)11-10-27(5)6/h8-9,12,14,21,30H,10-11,13H2,1-7H3. The number of carbonyl (C=O) groups excluding carboxylic acids is 2. The maximum absolute atomic E-state index is 13.6. The summed E-state index contributed by atoms with van der Waals surface area (Å²) in [6, 6.07) is 4.61. The van der Waals surface area contributed by atoms with Crippen LogP contribution in [0.3, 0.4) is 0 Å². The molecule has 0 spiro atoms. The number of amides is 1. The van der Waals surface area contributed by atoms with Crippen molar-refractivity contribution >= 4 is 23.0 Å². The maximum atomic E-state index is 13.6. The van der Waals surface area contributed by atoms with Gasteiger partial charge in [0.25, 0.3) is 5.91 Å². The molecule has 9 heteroatoms. The summed E-state index contributed by atoms with van der Waals surface area (Å²) in [4.78, 5) is 35.0. The lowest BCUT2D eigenvalue weighted by Crippen LogP contribution is -2.36. The second-order valence-corrected chi connectivity index (χ2v) is 10.3. The van der Waals surface area contributed by atoms with Gasteiger partial charge in [0, 0.05) is 13.1 Å². The smallest absolute Gasteiger partial charge is 0.290 e. The predicted molar refractivity (Wildman–Crippen MR) is 132 cm³/mol. The predicted octanol–water partition coefficient (Wildman–Crippen LogP) is 3.94. The highest BCUT2D eigenvalue weighted by molar-refractivity contribution is 7.14. The number of likely N-dealkylation sites (N-methyl/N-ethyl adjacent to an activating group) is 1. The molecule has 2 aromatic rings. The van der Waals surface area contributed by atoms with E-state index in [0.717, 1.165) is 5.01 Å². The molecule has 8 nitrogen and oxygen atoms in total. The number of ketones is 1. The SMILES string of the molecule is COc1cc(C2C(C(=O)c3sc(C)nc3C)=C(O)C(=O)N2CCN(C)C)ccc1OCC(C)C. The van der Waals surface area contributed by atoms with Crippen molar-refractivity contribution in [1.29, 1.82) is 0 Å². The van der Waals surface area contributed by atoms with Crippen LogP contribution in [0.4, 0.5) is 0 Å². The van der Waals surface area contributed by atoms with Gasteiger partial charge in [0.2, 0.25) is 5.78 Å². The molecular formula is C25H33N3O5S. The van der Waals surface area contributed by atoms with Crippen LogP contribution in [-0.4, -0.2) is 72.5 Å². The Labute approximate surface area is 204 Å². The van der Waals surface area contributed by atoms with Crippen LogP contribution in [-0.2, 0) is 4.79 Å². The number of hydrogen-bond acceptors (Lipinski definition) is 8. The highest BCUT2D eigenvalue weighted by Crippen LogP contribution is 2.42. The van der Waals surface area contributed by atoms with Gasteiger partial charge in [-0.05, 0) is 51.6 Å². The van der Waals surface area contributed by atoms with Crippen LogP contribution in [0, 0.1) is 19.8 Å². The average Bonchev–Trinajstić information content (AvgIpc) is 3.25. The summed E-state index contributed by atoms with van der Waals surface area (Å²) in [5.41, 5.74) is 1.31. The van der Waals surface area contributed by atoms with E-state index in [1.54, 1.807) is 26.2 Å². The molecule has 3 rings (SSSR count). The quantitative estimate of drug-likeness (QED) is 0.508. The molecule has 0 saturated carbocycles. The van der Waals surface area contributed by atoms with Gasteiger partial charge in [-0.3, -0.25) is 9.59 Å². The lowest BCUT2D eigenvalue weighted by Gasteiger charge is -2.28. The molecule has 34 heavy (non-hydrogen) atoms. The number of aromatic nitrogens is 1. The normalized spacial score (nSPS) is 16.2. The Morgan fingerprint density at radius 3 is 2.53 bits per heavy atom. The third kappa shape index (κ3) is 5.26. The second kappa shape index (κ2) is 10.6. The third-order valence-electron chi connectivity index (χ3n) is 5.52. The summed E-state index contributed by atoms with van der Waals surface area (Å²) in [6.07, 6.45) is 0. The monoisotopic (exact) mass is 487 g/mol. The molecule has 0 saturated heterocycles. The van der Waals surface area contributed by atoms with E-state index in [2.05, 4.69) is 18.8 Å². The molecule has 0 radical (unpaired) electrons. The van der Waals surface area contributed by atoms with E-state index < -0.39 is 17.7 Å². The van der Waals surface area contributed by atoms with Crippen molar-refractivity contribution in [3.05, 3.63) is 50.7 Å². The van der Waals surface area contributed by atoms with Crippen LogP contribution in [0.25, 0.3) is 0 Å². The van der Waals surface area contributed by atoms with Gasteiger partial charge in [-0.25, -0.2) is 4.98 Å². The van der Waals surface area contributed by atoms with Gasteiger partial charge in [0.05, 0.1) is 40.9 Å². The number of aryl methyl sites for hydroxylation is 2.